The highest BCUT2D eigenvalue weighted by atomic mass is 79.9. The Kier molecular flexibility index (Phi) is 9.57. The van der Waals surface area contributed by atoms with Crippen molar-refractivity contribution in [3.63, 3.8) is 0 Å². The quantitative estimate of drug-likeness (QED) is 0.192. The summed E-state index contributed by atoms with van der Waals surface area (Å²) >= 11 is 4.77. The molecule has 0 bridgehead atoms. The monoisotopic (exact) mass is 664 g/mol. The van der Waals surface area contributed by atoms with E-state index in [2.05, 4.69) is 15.9 Å². The molecule has 0 amide bonds. The van der Waals surface area contributed by atoms with Crippen LogP contribution in [0.25, 0.3) is 6.08 Å². The van der Waals surface area contributed by atoms with Crippen LogP contribution in [0.4, 0.5) is 4.39 Å². The number of hydrogen-bond acceptors (Lipinski definition) is 7. The molecule has 2 heterocycles. The number of rotatable bonds is 10. The maximum atomic E-state index is 14.2. The van der Waals surface area contributed by atoms with Gasteiger partial charge in [0.25, 0.3) is 5.56 Å². The van der Waals surface area contributed by atoms with Crippen LogP contribution in [0.1, 0.15) is 49.4 Å². The number of fused-ring (bicyclic) bond motifs is 1. The van der Waals surface area contributed by atoms with Crippen molar-refractivity contribution in [3.05, 3.63) is 125 Å². The lowest BCUT2D eigenvalue weighted by molar-refractivity contribution is -0.139. The Labute approximate surface area is 260 Å². The first-order chi connectivity index (χ1) is 20.9. The third-order valence-electron chi connectivity index (χ3n) is 6.93. The zero-order valence-corrected chi connectivity index (χ0v) is 26.3. The normalized spacial score (nSPS) is 14.7. The van der Waals surface area contributed by atoms with E-state index in [0.29, 0.717) is 55.2 Å². The molecule has 1 atom stereocenters. The van der Waals surface area contributed by atoms with Crippen molar-refractivity contribution < 1.29 is 23.4 Å². The van der Waals surface area contributed by atoms with Crippen LogP contribution < -0.4 is 24.4 Å². The lowest BCUT2D eigenvalue weighted by Gasteiger charge is -2.27. The van der Waals surface area contributed by atoms with Gasteiger partial charge in [-0.3, -0.25) is 9.36 Å². The Balaban J connectivity index is 1.68. The highest BCUT2D eigenvalue weighted by Crippen LogP contribution is 2.38. The number of nitrogens with zero attached hydrogens (tertiary/aromatic N) is 2. The molecule has 0 aliphatic carbocycles. The molecule has 10 heteroatoms. The second-order valence-electron chi connectivity index (χ2n) is 9.72. The minimum Gasteiger partial charge on any atom is -0.496 e. The van der Waals surface area contributed by atoms with Gasteiger partial charge in [0.1, 0.15) is 30.0 Å². The Bertz CT molecular complexity index is 1880. The molecule has 4 aromatic rings. The summed E-state index contributed by atoms with van der Waals surface area (Å²) in [6.07, 6.45) is 3.01. The minimum atomic E-state index is -0.820. The second-order valence-corrected chi connectivity index (χ2v) is 11.6. The van der Waals surface area contributed by atoms with Crippen molar-refractivity contribution in [2.75, 3.05) is 13.7 Å². The Morgan fingerprint density at radius 3 is 2.60 bits per heavy atom. The number of benzene rings is 3. The van der Waals surface area contributed by atoms with E-state index in [1.54, 1.807) is 50.4 Å². The van der Waals surface area contributed by atoms with E-state index >= 15 is 0 Å². The molecular formula is C33H30BrFN2O5S. The predicted octanol–water partition coefficient (Wildman–Crippen LogP) is 6.07. The first kappa shape index (κ1) is 30.4. The number of carbonyl (C=O) groups excluding carboxylic acids is 1. The molecule has 1 aliphatic rings. The zero-order chi connectivity index (χ0) is 30.5. The number of allylic oxidation sites excluding steroid dienone is 1. The summed E-state index contributed by atoms with van der Waals surface area (Å²) in [6.45, 7) is 3.96. The van der Waals surface area contributed by atoms with Gasteiger partial charge in [-0.1, -0.05) is 77.0 Å². The fourth-order valence-electron chi connectivity index (χ4n) is 4.98. The molecule has 0 spiro atoms. The molecule has 1 aromatic heterocycles. The second kappa shape index (κ2) is 13.5. The van der Waals surface area contributed by atoms with Gasteiger partial charge >= 0.3 is 5.97 Å². The largest absolute Gasteiger partial charge is 0.496 e. The standard InChI is InChI=1S/C33H30BrFN2O5S/c1-4-10-25-29(32(39)41-5-2)30(23-18-22(34)15-16-27(23)40-3)37-31(38)28(43-33(37)36-25)17-20-11-7-9-14-26(20)42-19-21-12-6-8-13-24(21)35/h6-9,11-18,30H,4-5,10,19H2,1-3H3/b28-17+/t30-/m1/s1. The first-order valence-electron chi connectivity index (χ1n) is 13.9. The minimum absolute atomic E-state index is 0.0325. The lowest BCUT2D eigenvalue weighted by atomic mass is 9.93. The van der Waals surface area contributed by atoms with Crippen LogP contribution in [0.15, 0.2) is 92.3 Å². The average molecular weight is 666 g/mol. The van der Waals surface area contributed by atoms with Gasteiger partial charge < -0.3 is 14.2 Å². The van der Waals surface area contributed by atoms with E-state index in [0.717, 1.165) is 10.9 Å². The van der Waals surface area contributed by atoms with E-state index in [1.807, 2.05) is 37.3 Å². The molecule has 222 valence electrons. The lowest BCUT2D eigenvalue weighted by Crippen LogP contribution is -2.40. The van der Waals surface area contributed by atoms with Gasteiger partial charge in [0.15, 0.2) is 4.80 Å². The van der Waals surface area contributed by atoms with Crippen LogP contribution in [0.5, 0.6) is 11.5 Å². The van der Waals surface area contributed by atoms with Crippen LogP contribution >= 0.6 is 27.3 Å². The van der Waals surface area contributed by atoms with Gasteiger partial charge in [-0.05, 0) is 49.8 Å². The van der Waals surface area contributed by atoms with Gasteiger partial charge in [-0.15, -0.1) is 0 Å². The van der Waals surface area contributed by atoms with Crippen LogP contribution in [-0.2, 0) is 16.1 Å². The zero-order valence-electron chi connectivity index (χ0n) is 23.9. The Hall–Kier alpha value is -4.02. The van der Waals surface area contributed by atoms with Crippen molar-refractivity contribution in [2.45, 2.75) is 39.3 Å². The summed E-state index contributed by atoms with van der Waals surface area (Å²) in [7, 11) is 1.55. The van der Waals surface area contributed by atoms with Crippen LogP contribution in [-0.4, -0.2) is 24.3 Å². The van der Waals surface area contributed by atoms with Crippen molar-refractivity contribution in [3.8, 4) is 11.5 Å². The highest BCUT2D eigenvalue weighted by Gasteiger charge is 2.36. The third-order valence-corrected chi connectivity index (χ3v) is 8.40. The molecule has 0 fully saturated rings. The number of thiazole rings is 1. The fraction of sp³-hybridized carbons (Fsp3) is 0.242. The summed E-state index contributed by atoms with van der Waals surface area (Å²) in [5, 5.41) is 0. The van der Waals surface area contributed by atoms with Crippen molar-refractivity contribution >= 4 is 39.3 Å². The molecule has 7 nitrogen and oxygen atoms in total. The summed E-state index contributed by atoms with van der Waals surface area (Å²) < 4.78 is 34.1. The molecule has 1 aliphatic heterocycles. The molecule has 0 N–H and O–H groups in total. The predicted molar refractivity (Wildman–Crippen MR) is 168 cm³/mol. The van der Waals surface area contributed by atoms with E-state index < -0.39 is 12.0 Å². The molecule has 5 rings (SSSR count). The topological polar surface area (TPSA) is 79.1 Å². The molecular weight excluding hydrogens is 635 g/mol. The van der Waals surface area contributed by atoms with Crippen LogP contribution in [0.2, 0.25) is 0 Å². The van der Waals surface area contributed by atoms with E-state index in [-0.39, 0.29) is 24.6 Å². The van der Waals surface area contributed by atoms with Gasteiger partial charge in [0.05, 0.1) is 29.5 Å². The molecule has 43 heavy (non-hydrogen) atoms. The molecule has 0 radical (unpaired) electrons. The van der Waals surface area contributed by atoms with Gasteiger partial charge in [-0.2, -0.15) is 0 Å². The number of ether oxygens (including phenoxy) is 3. The number of aromatic nitrogens is 1. The number of carbonyl (C=O) groups is 1. The molecule has 0 saturated heterocycles. The summed E-state index contributed by atoms with van der Waals surface area (Å²) in [5.41, 5.74) is 2.28. The van der Waals surface area contributed by atoms with E-state index in [1.165, 1.54) is 22.0 Å². The highest BCUT2D eigenvalue weighted by molar-refractivity contribution is 9.10. The summed E-state index contributed by atoms with van der Waals surface area (Å²) in [6, 6.07) is 18.4. The smallest absolute Gasteiger partial charge is 0.338 e. The Morgan fingerprint density at radius 2 is 1.86 bits per heavy atom. The van der Waals surface area contributed by atoms with Crippen molar-refractivity contribution in [1.82, 2.24) is 4.57 Å². The number of esters is 1. The molecule has 0 unspecified atom stereocenters. The van der Waals surface area contributed by atoms with Crippen molar-refractivity contribution in [1.29, 1.82) is 0 Å². The van der Waals surface area contributed by atoms with Gasteiger partial charge in [0, 0.05) is 21.2 Å². The Morgan fingerprint density at radius 1 is 1.09 bits per heavy atom. The number of para-hydroxylation sites is 1. The van der Waals surface area contributed by atoms with Crippen molar-refractivity contribution in [2.24, 2.45) is 4.99 Å². The van der Waals surface area contributed by atoms with Gasteiger partial charge in [0.2, 0.25) is 0 Å². The van der Waals surface area contributed by atoms with Crippen LogP contribution in [0.3, 0.4) is 0 Å². The first-order valence-corrected chi connectivity index (χ1v) is 15.5. The molecule has 3 aromatic carbocycles. The SMILES string of the molecule is CCCC1=C(C(=O)OCC)[C@@H](c2cc(Br)ccc2OC)n2c(s/c(=C/c3ccccc3OCc3ccccc3F)c2=O)=N1. The van der Waals surface area contributed by atoms with Gasteiger partial charge in [-0.25, -0.2) is 14.2 Å². The third kappa shape index (κ3) is 6.35. The van der Waals surface area contributed by atoms with Crippen LogP contribution in [0, 0.1) is 5.82 Å². The fourth-order valence-corrected chi connectivity index (χ4v) is 6.37. The maximum Gasteiger partial charge on any atom is 0.338 e. The molecule has 0 saturated carbocycles. The maximum absolute atomic E-state index is 14.2. The summed E-state index contributed by atoms with van der Waals surface area (Å²) in [5.74, 6) is 0.148. The average Bonchev–Trinajstić information content (AvgIpc) is 3.31. The number of methoxy groups -OCH3 is 1. The van der Waals surface area contributed by atoms with E-state index in [9.17, 15) is 14.0 Å². The van der Waals surface area contributed by atoms with E-state index in [4.69, 9.17) is 19.2 Å². The number of halogens is 2. The number of hydrogen-bond donors (Lipinski definition) is 0. The summed E-state index contributed by atoms with van der Waals surface area (Å²) in [4.78, 5) is 32.9.